The van der Waals surface area contributed by atoms with Gasteiger partial charge in [0.1, 0.15) is 5.75 Å². The second-order valence-electron chi connectivity index (χ2n) is 4.38. The molecule has 0 aliphatic heterocycles. The highest BCUT2D eigenvalue weighted by Crippen LogP contribution is 2.22. The quantitative estimate of drug-likeness (QED) is 0.845. The van der Waals surface area contributed by atoms with Crippen molar-refractivity contribution in [1.82, 2.24) is 14.9 Å². The van der Waals surface area contributed by atoms with Gasteiger partial charge in [-0.05, 0) is 48.6 Å². The van der Waals surface area contributed by atoms with Crippen LogP contribution in [0.15, 0.2) is 30.5 Å². The van der Waals surface area contributed by atoms with Crippen LogP contribution < -0.4 is 10.1 Å². The van der Waals surface area contributed by atoms with Crippen molar-refractivity contribution < 1.29 is 4.74 Å². The fourth-order valence-corrected chi connectivity index (χ4v) is 2.53. The summed E-state index contributed by atoms with van der Waals surface area (Å²) in [6.07, 6.45) is 3.88. The fourth-order valence-electron chi connectivity index (χ4n) is 1.96. The summed E-state index contributed by atoms with van der Waals surface area (Å²) in [5.74, 6) is 0.897. The molecule has 0 amide bonds. The molecular formula is C14H19N3OS. The maximum atomic E-state index is 5.27. The van der Waals surface area contributed by atoms with Gasteiger partial charge in [0, 0.05) is 6.04 Å². The minimum Gasteiger partial charge on any atom is -0.497 e. The van der Waals surface area contributed by atoms with E-state index in [9.17, 15) is 0 Å². The van der Waals surface area contributed by atoms with Gasteiger partial charge in [-0.15, -0.1) is 5.10 Å². The van der Waals surface area contributed by atoms with Crippen LogP contribution in [0.5, 0.6) is 5.75 Å². The van der Waals surface area contributed by atoms with Gasteiger partial charge in [0.05, 0.1) is 18.2 Å². The van der Waals surface area contributed by atoms with Crippen molar-refractivity contribution in [3.63, 3.8) is 0 Å². The van der Waals surface area contributed by atoms with Gasteiger partial charge in [-0.1, -0.05) is 23.5 Å². The maximum absolute atomic E-state index is 5.27. The molecule has 2 aromatic rings. The normalized spacial score (nSPS) is 12.3. The summed E-state index contributed by atoms with van der Waals surface area (Å²) in [5.41, 5.74) is 1.25. The van der Waals surface area contributed by atoms with Crippen molar-refractivity contribution in [2.24, 2.45) is 0 Å². The Kier molecular flexibility index (Phi) is 5.30. The van der Waals surface area contributed by atoms with Crippen LogP contribution in [-0.2, 0) is 6.42 Å². The van der Waals surface area contributed by atoms with Gasteiger partial charge in [0.2, 0.25) is 0 Å². The Labute approximate surface area is 118 Å². The number of aromatic nitrogens is 2. The van der Waals surface area contributed by atoms with E-state index in [1.54, 1.807) is 7.11 Å². The van der Waals surface area contributed by atoms with Gasteiger partial charge < -0.3 is 10.1 Å². The van der Waals surface area contributed by atoms with Crippen LogP contribution in [0, 0.1) is 0 Å². The van der Waals surface area contributed by atoms with Crippen LogP contribution in [0.1, 0.15) is 29.8 Å². The Morgan fingerprint density at radius 2 is 2.32 bits per heavy atom. The van der Waals surface area contributed by atoms with E-state index in [0.717, 1.165) is 25.1 Å². The number of nitrogens with one attached hydrogen (secondary N) is 1. The van der Waals surface area contributed by atoms with E-state index < -0.39 is 0 Å². The SMILES string of the molecule is CCCNC(Cc1cccc(OC)c1)c1cnns1. The molecule has 5 heteroatoms. The topological polar surface area (TPSA) is 47.0 Å². The Morgan fingerprint density at radius 1 is 1.42 bits per heavy atom. The van der Waals surface area contributed by atoms with E-state index in [2.05, 4.69) is 34.0 Å². The molecule has 0 saturated heterocycles. The second kappa shape index (κ2) is 7.21. The molecule has 1 N–H and O–H groups in total. The average molecular weight is 277 g/mol. The zero-order chi connectivity index (χ0) is 13.5. The molecule has 4 nitrogen and oxygen atoms in total. The number of hydrogen-bond donors (Lipinski definition) is 1. The summed E-state index contributed by atoms with van der Waals surface area (Å²) < 4.78 is 9.22. The molecule has 102 valence electrons. The lowest BCUT2D eigenvalue weighted by Crippen LogP contribution is -2.23. The molecule has 0 bridgehead atoms. The standard InChI is InChI=1S/C14H19N3OS/c1-3-7-15-13(14-10-16-17-19-14)9-11-5-4-6-12(8-11)18-2/h4-6,8,10,13,15H,3,7,9H2,1-2H3. The van der Waals surface area contributed by atoms with Crippen LogP contribution in [0.25, 0.3) is 0 Å². The minimum atomic E-state index is 0.270. The molecule has 0 radical (unpaired) electrons. The van der Waals surface area contributed by atoms with Gasteiger partial charge in [0.15, 0.2) is 0 Å². The predicted molar refractivity (Wildman–Crippen MR) is 77.6 cm³/mol. The molecule has 1 unspecified atom stereocenters. The van der Waals surface area contributed by atoms with Gasteiger partial charge in [-0.2, -0.15) is 0 Å². The zero-order valence-electron chi connectivity index (χ0n) is 11.3. The zero-order valence-corrected chi connectivity index (χ0v) is 12.1. The monoisotopic (exact) mass is 277 g/mol. The Bertz CT molecular complexity index is 487. The molecule has 0 aliphatic carbocycles. The lowest BCUT2D eigenvalue weighted by atomic mass is 10.0. The van der Waals surface area contributed by atoms with Crippen molar-refractivity contribution in [3.05, 3.63) is 40.9 Å². The lowest BCUT2D eigenvalue weighted by Gasteiger charge is -2.16. The van der Waals surface area contributed by atoms with E-state index in [4.69, 9.17) is 4.74 Å². The predicted octanol–water partition coefficient (Wildman–Crippen LogP) is 2.83. The van der Waals surface area contributed by atoms with E-state index >= 15 is 0 Å². The van der Waals surface area contributed by atoms with Crippen LogP contribution in [0.2, 0.25) is 0 Å². The van der Waals surface area contributed by atoms with E-state index in [1.165, 1.54) is 22.0 Å². The summed E-state index contributed by atoms with van der Waals surface area (Å²) in [6, 6.07) is 8.46. The molecular weight excluding hydrogens is 258 g/mol. The third kappa shape index (κ3) is 4.01. The minimum absolute atomic E-state index is 0.270. The molecule has 0 saturated carbocycles. The van der Waals surface area contributed by atoms with Crippen molar-refractivity contribution in [2.45, 2.75) is 25.8 Å². The van der Waals surface area contributed by atoms with Crippen LogP contribution >= 0.6 is 11.5 Å². The summed E-state index contributed by atoms with van der Waals surface area (Å²) in [5, 5.41) is 7.48. The van der Waals surface area contributed by atoms with Crippen LogP contribution in [0.4, 0.5) is 0 Å². The summed E-state index contributed by atoms with van der Waals surface area (Å²) in [6.45, 7) is 3.16. The molecule has 19 heavy (non-hydrogen) atoms. The number of rotatable bonds is 7. The van der Waals surface area contributed by atoms with Gasteiger partial charge in [-0.3, -0.25) is 0 Å². The lowest BCUT2D eigenvalue weighted by molar-refractivity contribution is 0.414. The molecule has 0 fully saturated rings. The number of methoxy groups -OCH3 is 1. The summed E-state index contributed by atoms with van der Waals surface area (Å²) >= 11 is 1.46. The fraction of sp³-hybridized carbons (Fsp3) is 0.429. The number of benzene rings is 1. The van der Waals surface area contributed by atoms with Crippen molar-refractivity contribution >= 4 is 11.5 Å². The largest absolute Gasteiger partial charge is 0.497 e. The first-order valence-electron chi connectivity index (χ1n) is 6.47. The number of ether oxygens (including phenoxy) is 1. The Morgan fingerprint density at radius 3 is 3.00 bits per heavy atom. The first kappa shape index (κ1) is 14.0. The average Bonchev–Trinajstić information content (AvgIpc) is 2.97. The molecule has 1 aromatic heterocycles. The van der Waals surface area contributed by atoms with Crippen molar-refractivity contribution in [3.8, 4) is 5.75 Å². The smallest absolute Gasteiger partial charge is 0.119 e. The molecule has 1 heterocycles. The van der Waals surface area contributed by atoms with Crippen LogP contribution in [0.3, 0.4) is 0 Å². The van der Waals surface area contributed by atoms with Gasteiger partial charge >= 0.3 is 0 Å². The summed E-state index contributed by atoms with van der Waals surface area (Å²) in [4.78, 5) is 1.18. The van der Waals surface area contributed by atoms with Crippen molar-refractivity contribution in [1.29, 1.82) is 0 Å². The molecule has 2 rings (SSSR count). The summed E-state index contributed by atoms with van der Waals surface area (Å²) in [7, 11) is 1.69. The highest BCUT2D eigenvalue weighted by molar-refractivity contribution is 7.05. The highest BCUT2D eigenvalue weighted by atomic mass is 32.1. The molecule has 0 aliphatic rings. The first-order chi connectivity index (χ1) is 9.33. The first-order valence-corrected chi connectivity index (χ1v) is 7.24. The van der Waals surface area contributed by atoms with Gasteiger partial charge in [-0.25, -0.2) is 0 Å². The van der Waals surface area contributed by atoms with Crippen molar-refractivity contribution in [2.75, 3.05) is 13.7 Å². The van der Waals surface area contributed by atoms with Gasteiger partial charge in [0.25, 0.3) is 0 Å². The third-order valence-corrected chi connectivity index (χ3v) is 3.71. The highest BCUT2D eigenvalue weighted by Gasteiger charge is 2.14. The van der Waals surface area contributed by atoms with E-state index in [-0.39, 0.29) is 6.04 Å². The second-order valence-corrected chi connectivity index (χ2v) is 5.20. The molecule has 1 aromatic carbocycles. The Hall–Kier alpha value is -1.46. The maximum Gasteiger partial charge on any atom is 0.119 e. The Balaban J connectivity index is 2.10. The van der Waals surface area contributed by atoms with E-state index in [0.29, 0.717) is 0 Å². The van der Waals surface area contributed by atoms with Crippen LogP contribution in [-0.4, -0.2) is 23.2 Å². The third-order valence-electron chi connectivity index (χ3n) is 2.94. The number of nitrogens with zero attached hydrogens (tertiary/aromatic N) is 2. The number of hydrogen-bond acceptors (Lipinski definition) is 5. The molecule has 1 atom stereocenters. The van der Waals surface area contributed by atoms with E-state index in [1.807, 2.05) is 18.3 Å². The molecule has 0 spiro atoms.